The van der Waals surface area contributed by atoms with E-state index in [1.165, 1.54) is 12.0 Å². The minimum Gasteiger partial charge on any atom is -0.497 e. The first-order valence-electron chi connectivity index (χ1n) is 10.9. The maximum absolute atomic E-state index is 13.7. The number of fused-ring (bicyclic) bond motifs is 1. The van der Waals surface area contributed by atoms with Crippen molar-refractivity contribution in [1.29, 1.82) is 0 Å². The first-order chi connectivity index (χ1) is 16.3. The maximum Gasteiger partial charge on any atom is 0.320 e. The highest BCUT2D eigenvalue weighted by Crippen LogP contribution is 2.42. The average molecular weight is 472 g/mol. The highest BCUT2D eigenvalue weighted by atomic mass is 16.7. The van der Waals surface area contributed by atoms with Gasteiger partial charge in [-0.15, -0.1) is 0 Å². The molecule has 10 nitrogen and oxygen atoms in total. The Kier molecular flexibility index (Phi) is 8.08. The molecule has 2 aromatic carbocycles. The Hall–Kier alpha value is -3.63. The van der Waals surface area contributed by atoms with Crippen molar-refractivity contribution in [1.82, 2.24) is 5.32 Å². The molecule has 0 bridgehead atoms. The van der Waals surface area contributed by atoms with Crippen LogP contribution in [-0.4, -0.2) is 56.2 Å². The monoisotopic (exact) mass is 471 g/mol. The van der Waals surface area contributed by atoms with Gasteiger partial charge >= 0.3 is 12.0 Å². The lowest BCUT2D eigenvalue weighted by molar-refractivity contribution is -0.143. The number of ether oxygens (including phenoxy) is 3. The highest BCUT2D eigenvalue weighted by Gasteiger charge is 2.53. The van der Waals surface area contributed by atoms with E-state index in [1.54, 1.807) is 48.5 Å². The third-order valence-electron chi connectivity index (χ3n) is 5.37. The van der Waals surface area contributed by atoms with Gasteiger partial charge in [-0.3, -0.25) is 9.59 Å². The van der Waals surface area contributed by atoms with Gasteiger partial charge in [0.1, 0.15) is 5.75 Å². The van der Waals surface area contributed by atoms with Gasteiger partial charge < -0.3 is 34.9 Å². The molecular formula is C24H29N3O7. The molecule has 182 valence electrons. The largest absolute Gasteiger partial charge is 0.497 e. The number of carbonyl (C=O) groups is 3. The Bertz CT molecular complexity index is 1040. The van der Waals surface area contributed by atoms with Crippen LogP contribution in [-0.2, 0) is 24.6 Å². The number of methoxy groups -OCH3 is 1. The summed E-state index contributed by atoms with van der Waals surface area (Å²) in [6.07, 6.45) is -1.35. The zero-order chi connectivity index (χ0) is 24.7. The van der Waals surface area contributed by atoms with Crippen LogP contribution in [0.4, 0.5) is 16.2 Å². The standard InChI is InChI=1S/C24H29N3O7/c1-4-33-21(34-5-2)15-27-19-12-7-6-11-18(19)24(22(27)30,14-20(28)29)26-23(31)25-16-9-8-10-17(13-16)32-3/h6-13,21H,4-5,14-15H2,1-3H3,(H,28,29)(H2,25,26,31)/t24-/m0/s1. The highest BCUT2D eigenvalue weighted by molar-refractivity contribution is 6.11. The normalized spacial score (nSPS) is 16.9. The minimum atomic E-state index is -1.81. The molecule has 0 fully saturated rings. The topological polar surface area (TPSA) is 126 Å². The summed E-state index contributed by atoms with van der Waals surface area (Å²) < 4.78 is 16.4. The molecule has 1 aliphatic rings. The molecule has 1 aliphatic heterocycles. The third kappa shape index (κ3) is 5.29. The van der Waals surface area contributed by atoms with Gasteiger partial charge in [0.25, 0.3) is 5.91 Å². The van der Waals surface area contributed by atoms with Crippen LogP contribution in [0.5, 0.6) is 5.75 Å². The lowest BCUT2D eigenvalue weighted by Crippen LogP contribution is -2.56. The maximum atomic E-state index is 13.7. The summed E-state index contributed by atoms with van der Waals surface area (Å²) in [5, 5.41) is 15.0. The summed E-state index contributed by atoms with van der Waals surface area (Å²) in [5.74, 6) is -1.29. The van der Waals surface area contributed by atoms with Crippen molar-refractivity contribution in [2.24, 2.45) is 0 Å². The number of benzene rings is 2. The summed E-state index contributed by atoms with van der Waals surface area (Å²) in [5.41, 5.74) is -0.519. The number of carbonyl (C=O) groups excluding carboxylic acids is 2. The van der Waals surface area contributed by atoms with E-state index in [0.29, 0.717) is 35.9 Å². The van der Waals surface area contributed by atoms with Crippen LogP contribution in [0, 0.1) is 0 Å². The molecule has 0 unspecified atom stereocenters. The smallest absolute Gasteiger partial charge is 0.320 e. The Morgan fingerprint density at radius 2 is 1.79 bits per heavy atom. The van der Waals surface area contributed by atoms with Gasteiger partial charge in [-0.1, -0.05) is 24.3 Å². The van der Waals surface area contributed by atoms with Gasteiger partial charge in [-0.25, -0.2) is 4.79 Å². The first-order valence-corrected chi connectivity index (χ1v) is 10.9. The van der Waals surface area contributed by atoms with Crippen molar-refractivity contribution in [2.75, 3.05) is 37.1 Å². The number of para-hydroxylation sites is 1. The second kappa shape index (κ2) is 11.0. The number of amides is 3. The van der Waals surface area contributed by atoms with Crippen LogP contribution >= 0.6 is 0 Å². The van der Waals surface area contributed by atoms with E-state index in [2.05, 4.69) is 10.6 Å². The van der Waals surface area contributed by atoms with Crippen molar-refractivity contribution in [3.8, 4) is 5.75 Å². The van der Waals surface area contributed by atoms with Crippen LogP contribution in [0.15, 0.2) is 48.5 Å². The molecule has 0 aromatic heterocycles. The molecule has 3 rings (SSSR count). The van der Waals surface area contributed by atoms with E-state index in [9.17, 15) is 19.5 Å². The van der Waals surface area contributed by atoms with Crippen LogP contribution in [0.2, 0.25) is 0 Å². The van der Waals surface area contributed by atoms with Gasteiger partial charge in [-0.2, -0.15) is 0 Å². The Morgan fingerprint density at radius 3 is 2.44 bits per heavy atom. The molecule has 3 amide bonds. The van der Waals surface area contributed by atoms with Gasteiger partial charge in [0.2, 0.25) is 0 Å². The average Bonchev–Trinajstić information content (AvgIpc) is 3.01. The molecule has 10 heteroatoms. The second-order valence-electron chi connectivity index (χ2n) is 7.56. The van der Waals surface area contributed by atoms with E-state index in [1.807, 2.05) is 13.8 Å². The number of nitrogens with one attached hydrogen (secondary N) is 2. The second-order valence-corrected chi connectivity index (χ2v) is 7.56. The third-order valence-corrected chi connectivity index (χ3v) is 5.37. The van der Waals surface area contributed by atoms with Crippen LogP contribution in [0.25, 0.3) is 0 Å². The Morgan fingerprint density at radius 1 is 1.09 bits per heavy atom. The molecule has 34 heavy (non-hydrogen) atoms. The summed E-state index contributed by atoms with van der Waals surface area (Å²) in [6.45, 7) is 4.40. The number of nitrogens with zero attached hydrogens (tertiary/aromatic N) is 1. The fourth-order valence-corrected chi connectivity index (χ4v) is 4.00. The summed E-state index contributed by atoms with van der Waals surface area (Å²) >= 11 is 0. The molecule has 0 saturated carbocycles. The molecule has 3 N–H and O–H groups in total. The van der Waals surface area contributed by atoms with Crippen LogP contribution in [0.1, 0.15) is 25.8 Å². The van der Waals surface area contributed by atoms with Crippen molar-refractivity contribution in [3.05, 3.63) is 54.1 Å². The number of aliphatic carboxylic acids is 1. The Labute approximate surface area is 197 Å². The van der Waals surface area contributed by atoms with E-state index in [-0.39, 0.29) is 6.54 Å². The molecule has 0 spiro atoms. The number of hydrogen-bond acceptors (Lipinski definition) is 6. The van der Waals surface area contributed by atoms with Gasteiger partial charge in [0.15, 0.2) is 11.8 Å². The fraction of sp³-hybridized carbons (Fsp3) is 0.375. The lowest BCUT2D eigenvalue weighted by atomic mass is 9.88. The van der Waals surface area contributed by atoms with Crippen LogP contribution in [0.3, 0.4) is 0 Å². The number of anilines is 2. The van der Waals surface area contributed by atoms with Crippen molar-refractivity contribution < 1.29 is 33.7 Å². The van der Waals surface area contributed by atoms with Gasteiger partial charge in [0, 0.05) is 30.5 Å². The molecule has 0 aliphatic carbocycles. The molecule has 0 radical (unpaired) electrons. The number of hydrogen-bond donors (Lipinski definition) is 3. The summed E-state index contributed by atoms with van der Waals surface area (Å²) in [7, 11) is 1.50. The SMILES string of the molecule is CCOC(CN1C(=O)[C@@](CC(=O)O)(NC(=O)Nc2cccc(OC)c2)c2ccccc21)OCC. The number of urea groups is 1. The van der Waals surface area contributed by atoms with Crippen molar-refractivity contribution in [3.63, 3.8) is 0 Å². The van der Waals surface area contributed by atoms with E-state index < -0.39 is 36.2 Å². The summed E-state index contributed by atoms with van der Waals surface area (Å²) in [6, 6.07) is 12.7. The molecule has 2 aromatic rings. The van der Waals surface area contributed by atoms with Crippen molar-refractivity contribution >= 4 is 29.3 Å². The number of rotatable bonds is 11. The molecule has 1 atom stereocenters. The van der Waals surface area contributed by atoms with E-state index >= 15 is 0 Å². The molecule has 0 saturated heterocycles. The zero-order valence-corrected chi connectivity index (χ0v) is 19.4. The van der Waals surface area contributed by atoms with Crippen LogP contribution < -0.4 is 20.3 Å². The van der Waals surface area contributed by atoms with E-state index in [0.717, 1.165) is 0 Å². The number of carboxylic acids is 1. The zero-order valence-electron chi connectivity index (χ0n) is 19.4. The predicted octanol–water partition coefficient (Wildman–Crippen LogP) is 2.93. The summed E-state index contributed by atoms with van der Waals surface area (Å²) in [4.78, 5) is 40.0. The fourth-order valence-electron chi connectivity index (χ4n) is 4.00. The van der Waals surface area contributed by atoms with Gasteiger partial charge in [-0.05, 0) is 32.0 Å². The quantitative estimate of drug-likeness (QED) is 0.430. The lowest BCUT2D eigenvalue weighted by Gasteiger charge is -2.29. The molecular weight excluding hydrogens is 442 g/mol. The Balaban J connectivity index is 1.95. The number of carboxylic acid groups (broad SMARTS) is 1. The predicted molar refractivity (Wildman–Crippen MR) is 125 cm³/mol. The minimum absolute atomic E-state index is 0.0398. The van der Waals surface area contributed by atoms with Crippen molar-refractivity contribution in [2.45, 2.75) is 32.1 Å². The molecule has 1 heterocycles. The van der Waals surface area contributed by atoms with E-state index in [4.69, 9.17) is 14.2 Å². The van der Waals surface area contributed by atoms with Gasteiger partial charge in [0.05, 0.1) is 25.8 Å². The first kappa shape index (κ1) is 25.0.